The topological polar surface area (TPSA) is 143 Å². The minimum absolute atomic E-state index is 0.00714. The molecule has 0 aliphatic rings. The van der Waals surface area contributed by atoms with Gasteiger partial charge in [-0.05, 0) is 6.42 Å². The summed E-state index contributed by atoms with van der Waals surface area (Å²) in [5.74, 6) is -0.600. The molecule has 0 atom stereocenters. The van der Waals surface area contributed by atoms with Gasteiger partial charge in [0.25, 0.3) is 0 Å². The molecular weight excluding hydrogens is 346 g/mol. The molecule has 0 amide bonds. The molecule has 0 aliphatic heterocycles. The number of aromatic amines is 2. The number of hydrogen-bond acceptors (Lipinski definition) is 7. The van der Waals surface area contributed by atoms with E-state index in [1.54, 1.807) is 0 Å². The van der Waals surface area contributed by atoms with Crippen LogP contribution in [0.25, 0.3) is 0 Å². The highest BCUT2D eigenvalue weighted by molar-refractivity contribution is 7.89. The summed E-state index contributed by atoms with van der Waals surface area (Å²) in [5.41, 5.74) is -0.423. The smallest absolute Gasteiger partial charge is 0.493 e. The summed E-state index contributed by atoms with van der Waals surface area (Å²) in [5, 5.41) is 9.37. The van der Waals surface area contributed by atoms with E-state index in [4.69, 9.17) is 13.3 Å². The molecular formula is C11H23N3O7SSi. The maximum Gasteiger partial charge on any atom is 0.500 e. The second-order valence-electron chi connectivity index (χ2n) is 4.77. The highest BCUT2D eigenvalue weighted by Gasteiger charge is 2.36. The van der Waals surface area contributed by atoms with Gasteiger partial charge >= 0.3 is 14.5 Å². The fourth-order valence-corrected chi connectivity index (χ4v) is 4.78. The van der Waals surface area contributed by atoms with Crippen LogP contribution in [-0.2, 0) is 29.7 Å². The molecule has 0 bridgehead atoms. The van der Waals surface area contributed by atoms with Crippen molar-refractivity contribution in [3.63, 3.8) is 0 Å². The van der Waals surface area contributed by atoms with Crippen LogP contribution in [0, 0.1) is 0 Å². The van der Waals surface area contributed by atoms with Gasteiger partial charge in [0.05, 0.1) is 11.4 Å². The third-order valence-corrected chi connectivity index (χ3v) is 7.54. The van der Waals surface area contributed by atoms with Crippen LogP contribution in [0.3, 0.4) is 0 Å². The highest BCUT2D eigenvalue weighted by atomic mass is 32.2. The van der Waals surface area contributed by atoms with Crippen molar-refractivity contribution < 1.29 is 26.8 Å². The summed E-state index contributed by atoms with van der Waals surface area (Å²) in [6.07, 6.45) is 0.486. The van der Waals surface area contributed by atoms with Crippen LogP contribution in [0.2, 0.25) is 6.04 Å². The SMILES string of the molecule is CO[Si](CCCNS(=O)(=O)CCc1[nH]c(=O)[nH]c1O)(OC)OC. The van der Waals surface area contributed by atoms with Crippen LogP contribution in [0.4, 0.5) is 0 Å². The van der Waals surface area contributed by atoms with Gasteiger partial charge in [-0.2, -0.15) is 0 Å². The fraction of sp³-hybridized carbons (Fsp3) is 0.727. The Balaban J connectivity index is 2.41. The number of nitrogens with one attached hydrogen (secondary N) is 3. The van der Waals surface area contributed by atoms with E-state index in [1.165, 1.54) is 21.3 Å². The first-order chi connectivity index (χ1) is 10.8. The largest absolute Gasteiger partial charge is 0.500 e. The van der Waals surface area contributed by atoms with Gasteiger partial charge in [0.2, 0.25) is 15.9 Å². The predicted molar refractivity (Wildman–Crippen MR) is 84.8 cm³/mol. The van der Waals surface area contributed by atoms with Crippen molar-refractivity contribution >= 4 is 18.8 Å². The summed E-state index contributed by atoms with van der Waals surface area (Å²) in [4.78, 5) is 15.4. The second-order valence-corrected chi connectivity index (χ2v) is 9.79. The Hall–Kier alpha value is -1.18. The molecule has 0 aliphatic carbocycles. The number of rotatable bonds is 11. The van der Waals surface area contributed by atoms with E-state index >= 15 is 0 Å². The zero-order valence-corrected chi connectivity index (χ0v) is 15.2. The number of aryl methyl sites for hydroxylation is 1. The molecule has 1 aromatic rings. The molecule has 10 nitrogen and oxygen atoms in total. The molecule has 1 heterocycles. The van der Waals surface area contributed by atoms with Gasteiger partial charge in [-0.15, -0.1) is 0 Å². The van der Waals surface area contributed by atoms with Crippen LogP contribution in [0.1, 0.15) is 12.1 Å². The molecule has 1 rings (SSSR count). The molecule has 0 fully saturated rings. The monoisotopic (exact) mass is 369 g/mol. The summed E-state index contributed by atoms with van der Waals surface area (Å²) >= 11 is 0. The summed E-state index contributed by atoms with van der Waals surface area (Å²) in [6, 6.07) is 0.477. The predicted octanol–water partition coefficient (Wildman–Crippen LogP) is -0.861. The number of sulfonamides is 1. The summed E-state index contributed by atoms with van der Waals surface area (Å²) < 4.78 is 41.9. The van der Waals surface area contributed by atoms with E-state index in [1.807, 2.05) is 0 Å². The van der Waals surface area contributed by atoms with Gasteiger partial charge in [-0.3, -0.25) is 4.98 Å². The highest BCUT2D eigenvalue weighted by Crippen LogP contribution is 2.14. The molecule has 4 N–H and O–H groups in total. The maximum atomic E-state index is 11.9. The Morgan fingerprint density at radius 3 is 2.26 bits per heavy atom. The third kappa shape index (κ3) is 6.08. The Morgan fingerprint density at radius 2 is 1.78 bits per heavy atom. The second kappa shape index (κ2) is 8.61. The van der Waals surface area contributed by atoms with Crippen molar-refractivity contribution in [2.45, 2.75) is 18.9 Å². The Morgan fingerprint density at radius 1 is 1.17 bits per heavy atom. The number of aromatic nitrogens is 2. The van der Waals surface area contributed by atoms with E-state index in [-0.39, 0.29) is 30.3 Å². The van der Waals surface area contributed by atoms with Crippen LogP contribution >= 0.6 is 0 Å². The van der Waals surface area contributed by atoms with Crippen molar-refractivity contribution in [3.8, 4) is 5.88 Å². The van der Waals surface area contributed by atoms with E-state index < -0.39 is 24.5 Å². The third-order valence-electron chi connectivity index (χ3n) is 3.32. The van der Waals surface area contributed by atoms with Crippen molar-refractivity contribution in [2.75, 3.05) is 33.6 Å². The normalized spacial score (nSPS) is 12.7. The van der Waals surface area contributed by atoms with Crippen molar-refractivity contribution in [3.05, 3.63) is 16.2 Å². The average molecular weight is 369 g/mol. The number of aromatic hydroxyl groups is 1. The van der Waals surface area contributed by atoms with E-state index in [2.05, 4.69) is 14.7 Å². The maximum absolute atomic E-state index is 11.9. The van der Waals surface area contributed by atoms with Gasteiger partial charge in [0, 0.05) is 40.3 Å². The number of imidazole rings is 1. The molecule has 0 saturated carbocycles. The lowest BCUT2D eigenvalue weighted by Gasteiger charge is -2.24. The first-order valence-corrected chi connectivity index (χ1v) is 10.5. The van der Waals surface area contributed by atoms with Crippen molar-refractivity contribution in [2.24, 2.45) is 0 Å². The minimum Gasteiger partial charge on any atom is -0.493 e. The Labute approximate surface area is 135 Å². The molecule has 0 spiro atoms. The minimum atomic E-state index is -3.53. The van der Waals surface area contributed by atoms with Crippen LogP contribution in [0.15, 0.2) is 4.79 Å². The lowest BCUT2D eigenvalue weighted by atomic mass is 10.4. The molecule has 0 radical (unpaired) electrons. The van der Waals surface area contributed by atoms with Crippen molar-refractivity contribution in [1.82, 2.24) is 14.7 Å². The number of H-pyrrole nitrogens is 2. The lowest BCUT2D eigenvalue weighted by molar-refractivity contribution is 0.123. The Kier molecular flexibility index (Phi) is 7.43. The first kappa shape index (κ1) is 19.9. The molecule has 23 heavy (non-hydrogen) atoms. The molecule has 1 aromatic heterocycles. The van der Waals surface area contributed by atoms with Crippen LogP contribution in [-0.4, -0.2) is 65.9 Å². The average Bonchev–Trinajstić information content (AvgIpc) is 2.84. The lowest BCUT2D eigenvalue weighted by Crippen LogP contribution is -2.43. The standard InChI is InChI=1S/C11H23N3O7SSi/c1-19-23(20-2,21-3)8-4-6-12-22(17,18)7-5-9-10(15)14-11(16)13-9/h12,15H,4-8H2,1-3H3,(H2,13,14,16). The van der Waals surface area contributed by atoms with Gasteiger partial charge in [-0.1, -0.05) is 0 Å². The number of hydrogen-bond donors (Lipinski definition) is 4. The van der Waals surface area contributed by atoms with E-state index in [0.717, 1.165) is 0 Å². The van der Waals surface area contributed by atoms with Gasteiger partial charge in [0.15, 0.2) is 0 Å². The van der Waals surface area contributed by atoms with E-state index in [0.29, 0.717) is 12.5 Å². The van der Waals surface area contributed by atoms with Crippen LogP contribution < -0.4 is 10.4 Å². The van der Waals surface area contributed by atoms with Gasteiger partial charge in [-0.25, -0.2) is 17.9 Å². The van der Waals surface area contributed by atoms with Crippen molar-refractivity contribution in [1.29, 1.82) is 0 Å². The van der Waals surface area contributed by atoms with E-state index in [9.17, 15) is 18.3 Å². The molecule has 0 saturated heterocycles. The summed E-state index contributed by atoms with van der Waals surface area (Å²) in [6.45, 7) is 0.211. The fourth-order valence-electron chi connectivity index (χ4n) is 1.99. The van der Waals surface area contributed by atoms with Gasteiger partial charge in [0.1, 0.15) is 0 Å². The first-order valence-electron chi connectivity index (χ1n) is 6.90. The molecule has 0 aromatic carbocycles. The summed E-state index contributed by atoms with van der Waals surface area (Å²) in [7, 11) is -1.75. The quantitative estimate of drug-likeness (QED) is 0.293. The zero-order chi connectivity index (χ0) is 17.5. The van der Waals surface area contributed by atoms with Crippen LogP contribution in [0.5, 0.6) is 5.88 Å². The molecule has 0 unspecified atom stereocenters. The molecule has 134 valence electrons. The zero-order valence-electron chi connectivity index (χ0n) is 13.3. The van der Waals surface area contributed by atoms with Gasteiger partial charge < -0.3 is 23.4 Å². The molecule has 12 heteroatoms. The Bertz CT molecular complexity index is 630.